The molecule has 1 atom stereocenters. The lowest BCUT2D eigenvalue weighted by molar-refractivity contribution is -0.127. The fourth-order valence-corrected chi connectivity index (χ4v) is 3.93. The number of thiazole rings is 1. The molecule has 1 aromatic heterocycles. The summed E-state index contributed by atoms with van der Waals surface area (Å²) in [6.45, 7) is 11.0. The summed E-state index contributed by atoms with van der Waals surface area (Å²) < 4.78 is 5.08. The van der Waals surface area contributed by atoms with E-state index < -0.39 is 0 Å². The van der Waals surface area contributed by atoms with Crippen LogP contribution in [0.25, 0.3) is 0 Å². The maximum absolute atomic E-state index is 12.0. The van der Waals surface area contributed by atoms with Crippen molar-refractivity contribution in [1.82, 2.24) is 20.5 Å². The molecule has 8 nitrogen and oxygen atoms in total. The largest absolute Gasteiger partial charge is 0.462 e. The van der Waals surface area contributed by atoms with Gasteiger partial charge in [0.1, 0.15) is 9.88 Å². The van der Waals surface area contributed by atoms with E-state index in [0.717, 1.165) is 37.5 Å². The van der Waals surface area contributed by atoms with Crippen molar-refractivity contribution in [3.63, 3.8) is 0 Å². The van der Waals surface area contributed by atoms with Crippen LogP contribution >= 0.6 is 35.3 Å². The normalized spacial score (nSPS) is 15.1. The molecule has 1 amide bonds. The van der Waals surface area contributed by atoms with Crippen LogP contribution in [0.5, 0.6) is 0 Å². The number of amides is 1. The lowest BCUT2D eigenvalue weighted by Crippen LogP contribution is -2.39. The average molecular weight is 537 g/mol. The summed E-state index contributed by atoms with van der Waals surface area (Å²) in [5.74, 6) is 0.625. The molecule has 1 aliphatic rings. The molecule has 29 heavy (non-hydrogen) atoms. The van der Waals surface area contributed by atoms with Gasteiger partial charge >= 0.3 is 5.97 Å². The molecule has 10 heteroatoms. The lowest BCUT2D eigenvalue weighted by atomic mass is 10.3. The van der Waals surface area contributed by atoms with E-state index in [-0.39, 0.29) is 41.9 Å². The number of nitrogens with one attached hydrogen (secondary N) is 2. The first-order chi connectivity index (χ1) is 13.5. The maximum atomic E-state index is 12.0. The molecule has 1 aliphatic heterocycles. The smallest absolute Gasteiger partial charge is 0.350 e. The summed E-state index contributed by atoms with van der Waals surface area (Å²) in [4.78, 5) is 35.2. The van der Waals surface area contributed by atoms with E-state index in [2.05, 4.69) is 20.6 Å². The van der Waals surface area contributed by atoms with Gasteiger partial charge < -0.3 is 20.3 Å². The van der Waals surface area contributed by atoms with Gasteiger partial charge in [0.2, 0.25) is 5.91 Å². The highest BCUT2D eigenvalue weighted by Gasteiger charge is 2.21. The van der Waals surface area contributed by atoms with Crippen molar-refractivity contribution in [2.75, 3.05) is 32.8 Å². The van der Waals surface area contributed by atoms with Gasteiger partial charge in [0.15, 0.2) is 5.96 Å². The first kappa shape index (κ1) is 25.6. The van der Waals surface area contributed by atoms with E-state index >= 15 is 0 Å². The Kier molecular flexibility index (Phi) is 11.5. The number of rotatable bonds is 9. The highest BCUT2D eigenvalue weighted by molar-refractivity contribution is 14.0. The van der Waals surface area contributed by atoms with Gasteiger partial charge in [0.25, 0.3) is 0 Å². The number of aromatic nitrogens is 1. The Labute approximate surface area is 193 Å². The third-order valence-electron chi connectivity index (χ3n) is 4.37. The molecular weight excluding hydrogens is 505 g/mol. The summed E-state index contributed by atoms with van der Waals surface area (Å²) in [7, 11) is 0. The Morgan fingerprint density at radius 2 is 2.17 bits per heavy atom. The van der Waals surface area contributed by atoms with Crippen LogP contribution in [0.15, 0.2) is 4.99 Å². The number of carbonyl (C=O) groups excluding carboxylic acids is 2. The summed E-state index contributed by atoms with van der Waals surface area (Å²) in [6, 6.07) is -0.0927. The molecule has 0 aromatic carbocycles. The summed E-state index contributed by atoms with van der Waals surface area (Å²) in [6.07, 6.45) is 2.47. The third kappa shape index (κ3) is 7.72. The first-order valence-corrected chi connectivity index (χ1v) is 10.7. The fraction of sp³-hybridized carbons (Fsp3) is 0.684. The number of aryl methyl sites for hydroxylation is 1. The number of ether oxygens (including phenoxy) is 1. The fourth-order valence-electron chi connectivity index (χ4n) is 2.97. The number of likely N-dealkylation sites (tertiary alicyclic amines) is 1. The van der Waals surface area contributed by atoms with Crippen LogP contribution in [0.1, 0.15) is 66.4 Å². The Hall–Kier alpha value is -1.43. The highest BCUT2D eigenvalue weighted by atomic mass is 127. The van der Waals surface area contributed by atoms with Crippen molar-refractivity contribution in [3.8, 4) is 0 Å². The van der Waals surface area contributed by atoms with E-state index in [1.807, 2.05) is 25.7 Å². The standard InChI is InChI=1S/C19H31N5O3S.HI/c1-5-20-19(21-10-8-12-24-11-7-9-15(24)25)23-14(4)17-22-13(3)16(28-17)18(26)27-6-2;/h14H,5-12H2,1-4H3,(H2,20,21,23);1H. The first-order valence-electron chi connectivity index (χ1n) is 9.93. The zero-order chi connectivity index (χ0) is 20.5. The topological polar surface area (TPSA) is 95.9 Å². The van der Waals surface area contributed by atoms with E-state index in [1.165, 1.54) is 11.3 Å². The molecule has 1 fully saturated rings. The highest BCUT2D eigenvalue weighted by Crippen LogP contribution is 2.24. The van der Waals surface area contributed by atoms with Crippen molar-refractivity contribution < 1.29 is 14.3 Å². The van der Waals surface area contributed by atoms with E-state index in [9.17, 15) is 9.59 Å². The molecule has 0 saturated carbocycles. The molecule has 164 valence electrons. The number of guanidine groups is 1. The molecule has 0 bridgehead atoms. The molecule has 1 saturated heterocycles. The van der Waals surface area contributed by atoms with Gasteiger partial charge in [-0.2, -0.15) is 0 Å². The van der Waals surface area contributed by atoms with Gasteiger partial charge in [0, 0.05) is 32.6 Å². The molecule has 1 aromatic rings. The van der Waals surface area contributed by atoms with Gasteiger partial charge in [0.05, 0.1) is 18.3 Å². The minimum absolute atomic E-state index is 0. The number of hydrogen-bond acceptors (Lipinski definition) is 6. The Balaban J connectivity index is 0.00000420. The SMILES string of the molecule is CCNC(=NCCCN1CCCC1=O)NC(C)c1nc(C)c(C(=O)OCC)s1.I. The zero-order valence-corrected chi connectivity index (χ0v) is 20.8. The van der Waals surface area contributed by atoms with Crippen LogP contribution in [-0.2, 0) is 9.53 Å². The van der Waals surface area contributed by atoms with Gasteiger partial charge in [-0.3, -0.25) is 9.79 Å². The summed E-state index contributed by atoms with van der Waals surface area (Å²) in [5, 5.41) is 7.38. The van der Waals surface area contributed by atoms with Crippen LogP contribution in [0.4, 0.5) is 0 Å². The van der Waals surface area contributed by atoms with E-state index in [0.29, 0.717) is 36.1 Å². The third-order valence-corrected chi connectivity index (χ3v) is 5.69. The van der Waals surface area contributed by atoms with Gasteiger partial charge in [-0.25, -0.2) is 9.78 Å². The molecule has 2 rings (SSSR count). The van der Waals surface area contributed by atoms with Gasteiger partial charge in [-0.15, -0.1) is 35.3 Å². The molecule has 0 spiro atoms. The summed E-state index contributed by atoms with van der Waals surface area (Å²) in [5.41, 5.74) is 0.685. The second-order valence-corrected chi connectivity index (χ2v) is 7.68. The lowest BCUT2D eigenvalue weighted by Gasteiger charge is -2.17. The Bertz CT molecular complexity index is 710. The minimum Gasteiger partial charge on any atom is -0.462 e. The minimum atomic E-state index is -0.326. The molecule has 2 heterocycles. The van der Waals surface area contributed by atoms with Crippen molar-refractivity contribution in [2.24, 2.45) is 4.99 Å². The van der Waals surface area contributed by atoms with Crippen LogP contribution in [0.2, 0.25) is 0 Å². The molecule has 0 aliphatic carbocycles. The number of hydrogen-bond donors (Lipinski definition) is 2. The van der Waals surface area contributed by atoms with Crippen molar-refractivity contribution in [1.29, 1.82) is 0 Å². The quantitative estimate of drug-likeness (QED) is 0.165. The number of carbonyl (C=O) groups is 2. The monoisotopic (exact) mass is 537 g/mol. The van der Waals surface area contributed by atoms with Crippen molar-refractivity contribution >= 4 is 53.1 Å². The number of nitrogens with zero attached hydrogens (tertiary/aromatic N) is 3. The molecule has 2 N–H and O–H groups in total. The van der Waals surface area contributed by atoms with Crippen LogP contribution in [0, 0.1) is 6.92 Å². The van der Waals surface area contributed by atoms with Crippen LogP contribution < -0.4 is 10.6 Å². The number of esters is 1. The number of aliphatic imine (C=N–C) groups is 1. The van der Waals surface area contributed by atoms with Gasteiger partial charge in [-0.05, 0) is 40.5 Å². The Morgan fingerprint density at radius 1 is 1.41 bits per heavy atom. The molecular formula is C19H32IN5O3S. The van der Waals surface area contributed by atoms with Gasteiger partial charge in [-0.1, -0.05) is 0 Å². The molecule has 1 unspecified atom stereocenters. The second kappa shape index (κ2) is 13.0. The van der Waals surface area contributed by atoms with E-state index in [1.54, 1.807) is 6.92 Å². The summed E-state index contributed by atoms with van der Waals surface area (Å²) >= 11 is 1.35. The maximum Gasteiger partial charge on any atom is 0.350 e. The Morgan fingerprint density at radius 3 is 2.79 bits per heavy atom. The zero-order valence-electron chi connectivity index (χ0n) is 17.6. The average Bonchev–Trinajstić information content (AvgIpc) is 3.24. The van der Waals surface area contributed by atoms with Crippen LogP contribution in [0.3, 0.4) is 0 Å². The second-order valence-electron chi connectivity index (χ2n) is 6.65. The van der Waals surface area contributed by atoms with Crippen molar-refractivity contribution in [3.05, 3.63) is 15.6 Å². The number of halogens is 1. The van der Waals surface area contributed by atoms with Crippen molar-refractivity contribution in [2.45, 2.75) is 53.0 Å². The molecule has 0 radical (unpaired) electrons. The predicted molar refractivity (Wildman–Crippen MR) is 126 cm³/mol. The van der Waals surface area contributed by atoms with Crippen LogP contribution in [-0.4, -0.2) is 60.5 Å². The van der Waals surface area contributed by atoms with E-state index in [4.69, 9.17) is 4.74 Å². The predicted octanol–water partition coefficient (Wildman–Crippen LogP) is 2.87.